The fraction of sp³-hybridized carbons (Fsp3) is 0.381. The van der Waals surface area contributed by atoms with Crippen LogP contribution in [0.2, 0.25) is 0 Å². The largest absolute Gasteiger partial charge is 0.354 e. The topological polar surface area (TPSA) is 84.2 Å². The molecule has 0 bridgehead atoms. The molecule has 0 unspecified atom stereocenters. The SMILES string of the molecule is Cc1cccc(CS(=O)(=O)N2CCN(c3cc(-n4cnc(C)c4C)ncn3)CC2)c1. The fourth-order valence-corrected chi connectivity index (χ4v) is 5.17. The normalized spacial score (nSPS) is 15.5. The van der Waals surface area contributed by atoms with Crippen molar-refractivity contribution in [2.75, 3.05) is 31.1 Å². The van der Waals surface area contributed by atoms with Crippen LogP contribution in [0.5, 0.6) is 0 Å². The zero-order valence-corrected chi connectivity index (χ0v) is 18.3. The Hall–Kier alpha value is -2.78. The molecule has 2 aromatic heterocycles. The van der Waals surface area contributed by atoms with Crippen molar-refractivity contribution in [2.45, 2.75) is 26.5 Å². The molecule has 3 heterocycles. The lowest BCUT2D eigenvalue weighted by atomic mass is 10.2. The average Bonchev–Trinajstić information content (AvgIpc) is 3.06. The van der Waals surface area contributed by atoms with Gasteiger partial charge in [-0.3, -0.25) is 4.57 Å². The van der Waals surface area contributed by atoms with Gasteiger partial charge in [0.15, 0.2) is 0 Å². The Balaban J connectivity index is 1.44. The highest BCUT2D eigenvalue weighted by Crippen LogP contribution is 2.20. The number of imidazole rings is 1. The summed E-state index contributed by atoms with van der Waals surface area (Å²) < 4.78 is 29.2. The lowest BCUT2D eigenvalue weighted by Crippen LogP contribution is -2.49. The Kier molecular flexibility index (Phi) is 5.57. The van der Waals surface area contributed by atoms with E-state index in [0.717, 1.165) is 34.2 Å². The molecule has 30 heavy (non-hydrogen) atoms. The maximum absolute atomic E-state index is 12.9. The lowest BCUT2D eigenvalue weighted by Gasteiger charge is -2.34. The molecule has 4 rings (SSSR count). The predicted octanol–water partition coefficient (Wildman–Crippen LogP) is 2.24. The highest BCUT2D eigenvalue weighted by molar-refractivity contribution is 7.88. The average molecular weight is 427 g/mol. The van der Waals surface area contributed by atoms with Crippen LogP contribution in [0.3, 0.4) is 0 Å². The Morgan fingerprint density at radius 1 is 0.933 bits per heavy atom. The van der Waals surface area contributed by atoms with Gasteiger partial charge in [-0.15, -0.1) is 0 Å². The van der Waals surface area contributed by atoms with E-state index in [9.17, 15) is 8.42 Å². The van der Waals surface area contributed by atoms with Crippen LogP contribution in [0, 0.1) is 20.8 Å². The molecule has 8 nitrogen and oxygen atoms in total. The number of sulfonamides is 1. The monoisotopic (exact) mass is 426 g/mol. The predicted molar refractivity (Wildman–Crippen MR) is 116 cm³/mol. The second-order valence-electron chi connectivity index (χ2n) is 7.65. The summed E-state index contributed by atoms with van der Waals surface area (Å²) in [6, 6.07) is 9.58. The van der Waals surface area contributed by atoms with E-state index >= 15 is 0 Å². The van der Waals surface area contributed by atoms with Crippen LogP contribution in [0.1, 0.15) is 22.5 Å². The molecule has 9 heteroatoms. The van der Waals surface area contributed by atoms with Gasteiger partial charge < -0.3 is 4.90 Å². The van der Waals surface area contributed by atoms with E-state index < -0.39 is 10.0 Å². The molecular weight excluding hydrogens is 400 g/mol. The van der Waals surface area contributed by atoms with Crippen molar-refractivity contribution in [3.8, 4) is 5.82 Å². The van der Waals surface area contributed by atoms with Gasteiger partial charge >= 0.3 is 0 Å². The number of hydrogen-bond donors (Lipinski definition) is 0. The van der Waals surface area contributed by atoms with Crippen molar-refractivity contribution >= 4 is 15.8 Å². The second kappa shape index (κ2) is 8.16. The van der Waals surface area contributed by atoms with Crippen LogP contribution >= 0.6 is 0 Å². The molecule has 158 valence electrons. The molecule has 0 saturated carbocycles. The van der Waals surface area contributed by atoms with Gasteiger partial charge in [0, 0.05) is 37.9 Å². The lowest BCUT2D eigenvalue weighted by molar-refractivity contribution is 0.383. The molecule has 0 atom stereocenters. The van der Waals surface area contributed by atoms with Gasteiger partial charge in [0.2, 0.25) is 10.0 Å². The van der Waals surface area contributed by atoms with Crippen LogP contribution in [0.25, 0.3) is 5.82 Å². The Morgan fingerprint density at radius 2 is 1.67 bits per heavy atom. The minimum atomic E-state index is -3.35. The van der Waals surface area contributed by atoms with E-state index in [1.807, 2.05) is 55.7 Å². The highest BCUT2D eigenvalue weighted by Gasteiger charge is 2.28. The molecule has 0 radical (unpaired) electrons. The molecule has 1 saturated heterocycles. The van der Waals surface area contributed by atoms with Crippen molar-refractivity contribution in [2.24, 2.45) is 0 Å². The molecule has 1 fully saturated rings. The quantitative estimate of drug-likeness (QED) is 0.622. The number of piperazine rings is 1. The number of nitrogens with zero attached hydrogens (tertiary/aromatic N) is 6. The van der Waals surface area contributed by atoms with E-state index in [4.69, 9.17) is 0 Å². The van der Waals surface area contributed by atoms with Gasteiger partial charge in [0.05, 0.1) is 11.4 Å². The Bertz CT molecular complexity index is 1150. The third kappa shape index (κ3) is 4.22. The third-order valence-electron chi connectivity index (χ3n) is 5.52. The van der Waals surface area contributed by atoms with E-state index in [1.54, 1.807) is 17.0 Å². The molecule has 1 aliphatic rings. The van der Waals surface area contributed by atoms with Crippen LogP contribution < -0.4 is 4.90 Å². The van der Waals surface area contributed by atoms with Crippen molar-refractivity contribution in [1.82, 2.24) is 23.8 Å². The molecule has 0 N–H and O–H groups in total. The zero-order chi connectivity index (χ0) is 21.3. The summed E-state index contributed by atoms with van der Waals surface area (Å²) in [5, 5.41) is 0. The molecule has 0 amide bonds. The first kappa shape index (κ1) is 20.5. The van der Waals surface area contributed by atoms with Crippen molar-refractivity contribution in [3.05, 3.63) is 65.5 Å². The zero-order valence-electron chi connectivity index (χ0n) is 17.5. The maximum atomic E-state index is 12.9. The van der Waals surface area contributed by atoms with Crippen molar-refractivity contribution in [1.29, 1.82) is 0 Å². The smallest absolute Gasteiger partial charge is 0.218 e. The first-order valence-corrected chi connectivity index (χ1v) is 11.6. The fourth-order valence-electron chi connectivity index (χ4n) is 3.67. The number of aromatic nitrogens is 4. The molecule has 3 aromatic rings. The van der Waals surface area contributed by atoms with Gasteiger partial charge in [0.1, 0.15) is 24.3 Å². The molecule has 1 aromatic carbocycles. The minimum Gasteiger partial charge on any atom is -0.354 e. The van der Waals surface area contributed by atoms with Crippen LogP contribution in [0.4, 0.5) is 5.82 Å². The van der Waals surface area contributed by atoms with Gasteiger partial charge in [-0.1, -0.05) is 29.8 Å². The van der Waals surface area contributed by atoms with Crippen molar-refractivity contribution < 1.29 is 8.42 Å². The maximum Gasteiger partial charge on any atom is 0.218 e. The standard InChI is InChI=1S/C21H26N6O2S/c1-16-5-4-6-19(11-16)13-30(28,29)26-9-7-25(8-10-26)20-12-21(23-14-22-20)27-15-24-17(2)18(27)3/h4-6,11-12,14-15H,7-10,13H2,1-3H3. The van der Waals surface area contributed by atoms with Gasteiger partial charge in [-0.05, 0) is 26.3 Å². The first-order chi connectivity index (χ1) is 14.3. The number of rotatable bonds is 5. The van der Waals surface area contributed by atoms with E-state index in [0.29, 0.717) is 26.2 Å². The molecule has 0 aliphatic carbocycles. The summed E-state index contributed by atoms with van der Waals surface area (Å²) in [5.74, 6) is 1.58. The summed E-state index contributed by atoms with van der Waals surface area (Å²) in [6.07, 6.45) is 3.30. The minimum absolute atomic E-state index is 0.0333. The van der Waals surface area contributed by atoms with Crippen LogP contribution in [-0.4, -0.2) is 58.4 Å². The van der Waals surface area contributed by atoms with Crippen LogP contribution in [-0.2, 0) is 15.8 Å². The van der Waals surface area contributed by atoms with Crippen LogP contribution in [0.15, 0.2) is 43.0 Å². The first-order valence-electron chi connectivity index (χ1n) is 9.95. The van der Waals surface area contributed by atoms with Gasteiger partial charge in [-0.25, -0.2) is 23.4 Å². The number of benzene rings is 1. The van der Waals surface area contributed by atoms with E-state index in [-0.39, 0.29) is 5.75 Å². The van der Waals surface area contributed by atoms with E-state index in [1.165, 1.54) is 0 Å². The molecule has 0 spiro atoms. The summed E-state index contributed by atoms with van der Waals surface area (Å²) in [7, 11) is -3.35. The summed E-state index contributed by atoms with van der Waals surface area (Å²) in [5.41, 5.74) is 3.88. The third-order valence-corrected chi connectivity index (χ3v) is 7.37. The summed E-state index contributed by atoms with van der Waals surface area (Å²) in [6.45, 7) is 7.99. The number of hydrogen-bond acceptors (Lipinski definition) is 6. The number of aryl methyl sites for hydroxylation is 2. The molecule has 1 aliphatic heterocycles. The Morgan fingerprint density at radius 3 is 2.33 bits per heavy atom. The van der Waals surface area contributed by atoms with Gasteiger partial charge in [-0.2, -0.15) is 4.31 Å². The van der Waals surface area contributed by atoms with Crippen molar-refractivity contribution in [3.63, 3.8) is 0 Å². The number of anilines is 1. The summed E-state index contributed by atoms with van der Waals surface area (Å²) >= 11 is 0. The molecular formula is C21H26N6O2S. The van der Waals surface area contributed by atoms with Gasteiger partial charge in [0.25, 0.3) is 0 Å². The summed E-state index contributed by atoms with van der Waals surface area (Å²) in [4.78, 5) is 15.2. The highest BCUT2D eigenvalue weighted by atomic mass is 32.2. The van der Waals surface area contributed by atoms with E-state index in [2.05, 4.69) is 19.9 Å². The Labute approximate surface area is 177 Å². The second-order valence-corrected chi connectivity index (χ2v) is 9.62.